The molecule has 1 unspecified atom stereocenters. The van der Waals surface area contributed by atoms with Gasteiger partial charge in [0, 0.05) is 6.54 Å². The molecule has 0 bridgehead atoms. The molecule has 0 saturated heterocycles. The van der Waals surface area contributed by atoms with E-state index in [4.69, 9.17) is 5.11 Å². The Morgan fingerprint density at radius 1 is 1.40 bits per heavy atom. The van der Waals surface area contributed by atoms with Gasteiger partial charge in [-0.2, -0.15) is 0 Å². The third-order valence-corrected chi connectivity index (χ3v) is 2.67. The lowest BCUT2D eigenvalue weighted by Gasteiger charge is -2.17. The minimum atomic E-state index is 0.105. The monoisotopic (exact) mass is 211 g/mol. The number of allylic oxidation sites excluding steroid dienone is 1. The average molecular weight is 211 g/mol. The average Bonchev–Trinajstić information content (AvgIpc) is 2.21. The molecule has 0 aliphatic heterocycles. The van der Waals surface area contributed by atoms with Crippen molar-refractivity contribution in [2.75, 3.05) is 13.2 Å². The fourth-order valence-corrected chi connectivity index (χ4v) is 1.48. The van der Waals surface area contributed by atoms with Gasteiger partial charge >= 0.3 is 0 Å². The molecular weight excluding hydrogens is 186 g/mol. The second-order valence-electron chi connectivity index (χ2n) is 4.31. The van der Waals surface area contributed by atoms with E-state index in [0.717, 1.165) is 13.0 Å². The molecule has 0 aromatic heterocycles. The van der Waals surface area contributed by atoms with Crippen LogP contribution in [0.2, 0.25) is 0 Å². The fraction of sp³-hybridized carbons (Fsp3) is 0.692. The van der Waals surface area contributed by atoms with Crippen LogP contribution >= 0.6 is 0 Å². The third kappa shape index (κ3) is 7.20. The van der Waals surface area contributed by atoms with Crippen molar-refractivity contribution in [2.24, 2.45) is 11.8 Å². The summed E-state index contributed by atoms with van der Waals surface area (Å²) in [5.41, 5.74) is 1.35. The highest BCUT2D eigenvalue weighted by molar-refractivity contribution is 5.01. The van der Waals surface area contributed by atoms with Crippen molar-refractivity contribution in [1.29, 1.82) is 0 Å². The van der Waals surface area contributed by atoms with Crippen molar-refractivity contribution in [3.8, 4) is 0 Å². The maximum Gasteiger partial charge on any atom is 0.0629 e. The summed E-state index contributed by atoms with van der Waals surface area (Å²) in [5.74, 6) is 1.19. The highest BCUT2D eigenvalue weighted by atomic mass is 16.2. The molecule has 0 heterocycles. The lowest BCUT2D eigenvalue weighted by molar-refractivity contribution is 0.342. The van der Waals surface area contributed by atoms with Crippen molar-refractivity contribution in [3.05, 3.63) is 24.4 Å². The minimum absolute atomic E-state index is 0.105. The topological polar surface area (TPSA) is 32.3 Å². The van der Waals surface area contributed by atoms with Crippen molar-refractivity contribution < 1.29 is 5.11 Å². The first-order chi connectivity index (χ1) is 7.09. The Balaban J connectivity index is 3.51. The van der Waals surface area contributed by atoms with Crippen LogP contribution in [0.1, 0.15) is 33.6 Å². The summed E-state index contributed by atoms with van der Waals surface area (Å²) in [4.78, 5) is 0. The molecule has 15 heavy (non-hydrogen) atoms. The van der Waals surface area contributed by atoms with E-state index in [-0.39, 0.29) is 6.61 Å². The Morgan fingerprint density at radius 3 is 2.60 bits per heavy atom. The van der Waals surface area contributed by atoms with Gasteiger partial charge in [0.05, 0.1) is 6.61 Å². The van der Waals surface area contributed by atoms with E-state index in [1.54, 1.807) is 6.08 Å². The second kappa shape index (κ2) is 8.54. The standard InChI is InChI=1S/C13H25NO/c1-11(2)13(4)12(3)7-5-8-14-9-6-10-15/h6,9,11-12,14-15H,4-5,7-8,10H2,1-3H3/b9-6+. The quantitative estimate of drug-likeness (QED) is 0.478. The molecule has 0 rings (SSSR count). The van der Waals surface area contributed by atoms with Crippen LogP contribution in [0.4, 0.5) is 0 Å². The lowest BCUT2D eigenvalue weighted by Crippen LogP contribution is -2.11. The summed E-state index contributed by atoms with van der Waals surface area (Å²) < 4.78 is 0. The van der Waals surface area contributed by atoms with Crippen molar-refractivity contribution >= 4 is 0 Å². The number of nitrogens with one attached hydrogen (secondary N) is 1. The fourth-order valence-electron chi connectivity index (χ4n) is 1.48. The highest BCUT2D eigenvalue weighted by Crippen LogP contribution is 2.21. The minimum Gasteiger partial charge on any atom is -0.392 e. The molecule has 0 amide bonds. The molecule has 1 atom stereocenters. The molecule has 0 aromatic rings. The van der Waals surface area contributed by atoms with Crippen LogP contribution in [-0.4, -0.2) is 18.3 Å². The van der Waals surface area contributed by atoms with Crippen LogP contribution in [0, 0.1) is 11.8 Å². The number of hydrogen-bond acceptors (Lipinski definition) is 2. The predicted octanol–water partition coefficient (Wildman–Crippen LogP) is 2.71. The Labute approximate surface area is 94.1 Å². The van der Waals surface area contributed by atoms with E-state index >= 15 is 0 Å². The summed E-state index contributed by atoms with van der Waals surface area (Å²) in [5, 5.41) is 11.6. The van der Waals surface area contributed by atoms with Crippen LogP contribution in [0.25, 0.3) is 0 Å². The smallest absolute Gasteiger partial charge is 0.0629 e. The largest absolute Gasteiger partial charge is 0.392 e. The normalized spacial score (nSPS) is 13.4. The van der Waals surface area contributed by atoms with Gasteiger partial charge in [0.1, 0.15) is 0 Å². The van der Waals surface area contributed by atoms with Gasteiger partial charge in [-0.05, 0) is 37.0 Å². The van der Waals surface area contributed by atoms with Gasteiger partial charge in [0.15, 0.2) is 0 Å². The summed E-state index contributed by atoms with van der Waals surface area (Å²) in [6, 6.07) is 0. The van der Waals surface area contributed by atoms with Gasteiger partial charge in [-0.25, -0.2) is 0 Å². The molecule has 0 fully saturated rings. The number of hydrogen-bond donors (Lipinski definition) is 2. The Bertz CT molecular complexity index is 197. The van der Waals surface area contributed by atoms with Crippen LogP contribution in [0.15, 0.2) is 24.4 Å². The Hall–Kier alpha value is -0.760. The molecule has 0 aromatic carbocycles. The van der Waals surface area contributed by atoms with Crippen molar-refractivity contribution in [2.45, 2.75) is 33.6 Å². The zero-order chi connectivity index (χ0) is 11.7. The Morgan fingerprint density at radius 2 is 2.07 bits per heavy atom. The van der Waals surface area contributed by atoms with E-state index in [1.165, 1.54) is 12.0 Å². The first-order valence-corrected chi connectivity index (χ1v) is 5.77. The number of aliphatic hydroxyl groups excluding tert-OH is 1. The SMILES string of the molecule is C=C(C(C)C)C(C)CCCN/C=C/CO. The van der Waals surface area contributed by atoms with Gasteiger partial charge in [-0.15, -0.1) is 0 Å². The van der Waals surface area contributed by atoms with Crippen molar-refractivity contribution in [3.63, 3.8) is 0 Å². The maximum absolute atomic E-state index is 8.51. The molecule has 0 radical (unpaired) electrons. The predicted molar refractivity (Wildman–Crippen MR) is 66.6 cm³/mol. The molecular formula is C13H25NO. The molecule has 0 aliphatic rings. The zero-order valence-corrected chi connectivity index (χ0v) is 10.3. The van der Waals surface area contributed by atoms with E-state index in [9.17, 15) is 0 Å². The second-order valence-corrected chi connectivity index (χ2v) is 4.31. The van der Waals surface area contributed by atoms with Gasteiger partial charge in [-0.1, -0.05) is 32.9 Å². The lowest BCUT2D eigenvalue weighted by atomic mass is 9.89. The molecule has 0 aliphatic carbocycles. The van der Waals surface area contributed by atoms with E-state index in [1.807, 2.05) is 6.20 Å². The third-order valence-electron chi connectivity index (χ3n) is 2.67. The first-order valence-electron chi connectivity index (χ1n) is 5.77. The van der Waals surface area contributed by atoms with Crippen LogP contribution in [0.3, 0.4) is 0 Å². The number of aliphatic hydroxyl groups is 1. The van der Waals surface area contributed by atoms with Crippen LogP contribution in [-0.2, 0) is 0 Å². The molecule has 2 heteroatoms. The van der Waals surface area contributed by atoms with E-state index < -0.39 is 0 Å². The maximum atomic E-state index is 8.51. The summed E-state index contributed by atoms with van der Waals surface area (Å²) >= 11 is 0. The van der Waals surface area contributed by atoms with E-state index in [2.05, 4.69) is 32.7 Å². The first kappa shape index (κ1) is 14.2. The van der Waals surface area contributed by atoms with Crippen molar-refractivity contribution in [1.82, 2.24) is 5.32 Å². The van der Waals surface area contributed by atoms with Crippen LogP contribution < -0.4 is 5.32 Å². The zero-order valence-electron chi connectivity index (χ0n) is 10.3. The van der Waals surface area contributed by atoms with Gasteiger partial charge in [0.2, 0.25) is 0 Å². The molecule has 88 valence electrons. The highest BCUT2D eigenvalue weighted by Gasteiger charge is 2.08. The van der Waals surface area contributed by atoms with E-state index in [0.29, 0.717) is 11.8 Å². The van der Waals surface area contributed by atoms with Crippen LogP contribution in [0.5, 0.6) is 0 Å². The molecule has 2 nitrogen and oxygen atoms in total. The molecule has 0 saturated carbocycles. The molecule has 2 N–H and O–H groups in total. The van der Waals surface area contributed by atoms with Gasteiger partial charge in [-0.3, -0.25) is 0 Å². The van der Waals surface area contributed by atoms with Gasteiger partial charge in [0.25, 0.3) is 0 Å². The van der Waals surface area contributed by atoms with Gasteiger partial charge < -0.3 is 10.4 Å². The summed E-state index contributed by atoms with van der Waals surface area (Å²) in [6.07, 6.45) is 5.83. The summed E-state index contributed by atoms with van der Waals surface area (Å²) in [6.45, 7) is 11.8. The molecule has 0 spiro atoms. The summed E-state index contributed by atoms with van der Waals surface area (Å²) in [7, 11) is 0. The Kier molecular flexibility index (Phi) is 8.11. The number of rotatable bonds is 8.